The number of halogens is 4. The van der Waals surface area contributed by atoms with Crippen molar-refractivity contribution >= 4 is 22.6 Å². The lowest BCUT2D eigenvalue weighted by Crippen LogP contribution is -2.52. The third kappa shape index (κ3) is 3.06. The van der Waals surface area contributed by atoms with E-state index in [-0.39, 0.29) is 18.2 Å². The van der Waals surface area contributed by atoms with Crippen LogP contribution in [0.15, 0.2) is 42.7 Å². The fourth-order valence-corrected chi connectivity index (χ4v) is 3.32. The maximum absolute atomic E-state index is 12.8. The van der Waals surface area contributed by atoms with Crippen LogP contribution in [0.4, 0.5) is 13.2 Å². The highest BCUT2D eigenvalue weighted by atomic mass is 35.5. The first kappa shape index (κ1) is 17.3. The predicted molar refractivity (Wildman–Crippen MR) is 90.9 cm³/mol. The Bertz CT molecular complexity index is 980. The maximum atomic E-state index is 12.8. The van der Waals surface area contributed by atoms with Crippen molar-refractivity contribution in [2.75, 3.05) is 13.2 Å². The molecule has 1 aliphatic rings. The quantitative estimate of drug-likeness (QED) is 0.740. The van der Waals surface area contributed by atoms with Crippen molar-refractivity contribution in [3.05, 3.63) is 53.3 Å². The predicted octanol–water partition coefficient (Wildman–Crippen LogP) is 4.14. The summed E-state index contributed by atoms with van der Waals surface area (Å²) in [4.78, 5) is 4.32. The second kappa shape index (κ2) is 5.97. The minimum absolute atomic E-state index is 0.0273. The molecule has 0 radical (unpaired) electrons. The Hall–Kier alpha value is -2.09. The van der Waals surface area contributed by atoms with Crippen LogP contribution in [0.1, 0.15) is 5.56 Å². The molecule has 0 saturated carbocycles. The van der Waals surface area contributed by atoms with Gasteiger partial charge in [0.25, 0.3) is 0 Å². The maximum Gasteiger partial charge on any atom is 0.416 e. The van der Waals surface area contributed by atoms with E-state index in [1.807, 2.05) is 10.6 Å². The SMILES string of the molecule is OC1(Cn2cnc3cc(-c4ccc(C(F)(F)F)cc4Cl)ccc32)COC1. The van der Waals surface area contributed by atoms with Gasteiger partial charge < -0.3 is 14.4 Å². The molecule has 1 saturated heterocycles. The summed E-state index contributed by atoms with van der Waals surface area (Å²) in [6.07, 6.45) is -2.81. The Morgan fingerprint density at radius 3 is 2.58 bits per heavy atom. The largest absolute Gasteiger partial charge is 0.416 e. The molecular weight excluding hydrogens is 369 g/mol. The summed E-state index contributed by atoms with van der Waals surface area (Å²) in [5.41, 5.74) is 0.990. The molecule has 0 amide bonds. The zero-order valence-electron chi connectivity index (χ0n) is 13.4. The van der Waals surface area contributed by atoms with Crippen molar-refractivity contribution in [3.63, 3.8) is 0 Å². The smallest absolute Gasteiger partial charge is 0.383 e. The molecule has 0 spiro atoms. The summed E-state index contributed by atoms with van der Waals surface area (Å²) >= 11 is 6.07. The average Bonchev–Trinajstić information content (AvgIpc) is 2.94. The Morgan fingerprint density at radius 1 is 1.19 bits per heavy atom. The molecular formula is C18H14ClF3N2O2. The number of fused-ring (bicyclic) bond motifs is 1. The van der Waals surface area contributed by atoms with Crippen LogP contribution >= 0.6 is 11.6 Å². The Kier molecular flexibility index (Phi) is 3.98. The molecule has 1 N–H and O–H groups in total. The van der Waals surface area contributed by atoms with Gasteiger partial charge in [0, 0.05) is 10.6 Å². The number of nitrogens with zero attached hydrogens (tertiary/aromatic N) is 2. The molecule has 2 aromatic carbocycles. The lowest BCUT2D eigenvalue weighted by molar-refractivity contribution is -0.184. The molecule has 2 heterocycles. The van der Waals surface area contributed by atoms with Gasteiger partial charge in [-0.2, -0.15) is 13.2 Å². The molecule has 0 atom stereocenters. The molecule has 3 aromatic rings. The van der Waals surface area contributed by atoms with Gasteiger partial charge in [0.15, 0.2) is 0 Å². The zero-order chi connectivity index (χ0) is 18.5. The van der Waals surface area contributed by atoms with Crippen LogP contribution in [0.2, 0.25) is 5.02 Å². The van der Waals surface area contributed by atoms with E-state index >= 15 is 0 Å². The minimum atomic E-state index is -4.43. The van der Waals surface area contributed by atoms with Gasteiger partial charge in [-0.25, -0.2) is 4.98 Å². The first-order valence-electron chi connectivity index (χ1n) is 7.87. The van der Waals surface area contributed by atoms with Gasteiger partial charge in [-0.05, 0) is 29.8 Å². The fraction of sp³-hybridized carbons (Fsp3) is 0.278. The van der Waals surface area contributed by atoms with Crippen molar-refractivity contribution in [1.29, 1.82) is 0 Å². The lowest BCUT2D eigenvalue weighted by Gasteiger charge is -2.36. The summed E-state index contributed by atoms with van der Waals surface area (Å²) in [5.74, 6) is 0. The molecule has 4 rings (SSSR count). The summed E-state index contributed by atoms with van der Waals surface area (Å²) in [5, 5.41) is 10.2. The summed E-state index contributed by atoms with van der Waals surface area (Å²) in [6, 6.07) is 8.64. The van der Waals surface area contributed by atoms with Gasteiger partial charge in [-0.3, -0.25) is 0 Å². The number of imidazole rings is 1. The van der Waals surface area contributed by atoms with Gasteiger partial charge in [0.2, 0.25) is 0 Å². The molecule has 26 heavy (non-hydrogen) atoms. The molecule has 0 bridgehead atoms. The topological polar surface area (TPSA) is 47.3 Å². The first-order valence-corrected chi connectivity index (χ1v) is 8.25. The molecule has 1 aliphatic heterocycles. The number of benzene rings is 2. The first-order chi connectivity index (χ1) is 12.3. The molecule has 4 nitrogen and oxygen atoms in total. The number of hydrogen-bond acceptors (Lipinski definition) is 3. The second-order valence-electron chi connectivity index (χ2n) is 6.49. The molecule has 0 aliphatic carbocycles. The van der Waals surface area contributed by atoms with Crippen LogP contribution in [-0.4, -0.2) is 33.5 Å². The number of hydrogen-bond donors (Lipinski definition) is 1. The van der Waals surface area contributed by atoms with Gasteiger partial charge in [-0.15, -0.1) is 0 Å². The van der Waals surface area contributed by atoms with E-state index in [0.717, 1.165) is 17.6 Å². The number of rotatable bonds is 3. The van der Waals surface area contributed by atoms with Crippen LogP contribution in [0.5, 0.6) is 0 Å². The molecule has 8 heteroatoms. The Morgan fingerprint density at radius 2 is 1.96 bits per heavy atom. The number of alkyl halides is 3. The van der Waals surface area contributed by atoms with Crippen molar-refractivity contribution in [3.8, 4) is 11.1 Å². The third-order valence-corrected chi connectivity index (χ3v) is 4.75. The normalized spacial score (nSPS) is 16.7. The van der Waals surface area contributed by atoms with E-state index in [2.05, 4.69) is 4.98 Å². The highest BCUT2D eigenvalue weighted by Gasteiger charge is 2.36. The lowest BCUT2D eigenvalue weighted by atomic mass is 10.0. The van der Waals surface area contributed by atoms with Crippen molar-refractivity contribution < 1.29 is 23.0 Å². The Balaban J connectivity index is 1.68. The number of ether oxygens (including phenoxy) is 1. The summed E-state index contributed by atoms with van der Waals surface area (Å²) in [7, 11) is 0. The molecule has 0 unspecified atom stereocenters. The van der Waals surface area contributed by atoms with E-state index in [1.165, 1.54) is 6.07 Å². The van der Waals surface area contributed by atoms with Crippen LogP contribution in [-0.2, 0) is 17.5 Å². The number of aliphatic hydroxyl groups is 1. The van der Waals surface area contributed by atoms with E-state index in [0.29, 0.717) is 23.2 Å². The molecule has 1 aromatic heterocycles. The van der Waals surface area contributed by atoms with Crippen LogP contribution < -0.4 is 0 Å². The number of aromatic nitrogens is 2. The molecule has 1 fully saturated rings. The van der Waals surface area contributed by atoms with Gasteiger partial charge >= 0.3 is 6.18 Å². The fourth-order valence-electron chi connectivity index (χ4n) is 3.03. The highest BCUT2D eigenvalue weighted by Crippen LogP contribution is 2.36. The Labute approximate surface area is 151 Å². The molecule has 136 valence electrons. The third-order valence-electron chi connectivity index (χ3n) is 4.43. The van der Waals surface area contributed by atoms with Crippen LogP contribution in [0.3, 0.4) is 0 Å². The standard InChI is InChI=1S/C18H14ClF3N2O2/c19-14-6-12(18(20,21)22)2-3-13(14)11-1-4-16-15(5-11)23-10-24(16)7-17(25)8-26-9-17/h1-6,10,25H,7-9H2. The highest BCUT2D eigenvalue weighted by molar-refractivity contribution is 6.33. The second-order valence-corrected chi connectivity index (χ2v) is 6.89. The van der Waals surface area contributed by atoms with Crippen LogP contribution in [0.25, 0.3) is 22.2 Å². The van der Waals surface area contributed by atoms with E-state index in [4.69, 9.17) is 16.3 Å². The van der Waals surface area contributed by atoms with Gasteiger partial charge in [0.05, 0.1) is 42.7 Å². The van der Waals surface area contributed by atoms with Crippen molar-refractivity contribution in [2.45, 2.75) is 18.3 Å². The minimum Gasteiger partial charge on any atom is -0.383 e. The van der Waals surface area contributed by atoms with Gasteiger partial charge in [0.1, 0.15) is 5.60 Å². The van der Waals surface area contributed by atoms with E-state index in [1.54, 1.807) is 18.5 Å². The van der Waals surface area contributed by atoms with Crippen LogP contribution in [0, 0.1) is 0 Å². The van der Waals surface area contributed by atoms with Gasteiger partial charge in [-0.1, -0.05) is 23.7 Å². The summed E-state index contributed by atoms with van der Waals surface area (Å²) < 4.78 is 45.2. The van der Waals surface area contributed by atoms with Crippen molar-refractivity contribution in [2.24, 2.45) is 0 Å². The summed E-state index contributed by atoms with van der Waals surface area (Å²) in [6.45, 7) is 0.932. The van der Waals surface area contributed by atoms with E-state index in [9.17, 15) is 18.3 Å². The average molecular weight is 383 g/mol. The zero-order valence-corrected chi connectivity index (χ0v) is 14.2. The van der Waals surface area contributed by atoms with Crippen molar-refractivity contribution in [1.82, 2.24) is 9.55 Å². The van der Waals surface area contributed by atoms with E-state index < -0.39 is 17.3 Å². The monoisotopic (exact) mass is 382 g/mol.